The summed E-state index contributed by atoms with van der Waals surface area (Å²) in [6.45, 7) is 1.96. The zero-order chi connectivity index (χ0) is 13.4. The van der Waals surface area contributed by atoms with Crippen LogP contribution in [0.25, 0.3) is 22.3 Å². The summed E-state index contributed by atoms with van der Waals surface area (Å²) in [7, 11) is 0. The van der Waals surface area contributed by atoms with Crippen molar-refractivity contribution in [1.29, 1.82) is 0 Å². The third-order valence-corrected chi connectivity index (χ3v) is 3.75. The van der Waals surface area contributed by atoms with Crippen molar-refractivity contribution in [2.24, 2.45) is 0 Å². The average Bonchev–Trinajstić information content (AvgIpc) is 2.44. The molecule has 0 saturated heterocycles. The van der Waals surface area contributed by atoms with Gasteiger partial charge in [-0.15, -0.1) is 0 Å². The molecule has 0 aliphatic rings. The Morgan fingerprint density at radius 2 is 1.79 bits per heavy atom. The standard InChI is InChI=1S/C16H11BrO2/c1-10-7-8-13-12(9-10)15(18)14(17)16(19-13)11-5-3-2-4-6-11/h2-9H,1H3. The number of rotatable bonds is 1. The van der Waals surface area contributed by atoms with Crippen LogP contribution in [0.15, 0.2) is 62.2 Å². The quantitative estimate of drug-likeness (QED) is 0.660. The molecule has 0 aliphatic carbocycles. The molecule has 0 bridgehead atoms. The van der Waals surface area contributed by atoms with E-state index in [1.54, 1.807) is 0 Å². The molecule has 0 fully saturated rings. The Hall–Kier alpha value is -1.87. The van der Waals surface area contributed by atoms with E-state index in [1.165, 1.54) is 0 Å². The first-order chi connectivity index (χ1) is 9.16. The molecule has 0 spiro atoms. The van der Waals surface area contributed by atoms with E-state index in [0.717, 1.165) is 11.1 Å². The summed E-state index contributed by atoms with van der Waals surface area (Å²) < 4.78 is 6.34. The van der Waals surface area contributed by atoms with Crippen molar-refractivity contribution < 1.29 is 4.42 Å². The molecule has 0 N–H and O–H groups in total. The van der Waals surface area contributed by atoms with E-state index in [2.05, 4.69) is 15.9 Å². The zero-order valence-corrected chi connectivity index (χ0v) is 11.9. The van der Waals surface area contributed by atoms with Gasteiger partial charge in [-0.25, -0.2) is 0 Å². The molecule has 1 aromatic heterocycles. The normalized spacial score (nSPS) is 10.8. The maximum atomic E-state index is 12.4. The fourth-order valence-electron chi connectivity index (χ4n) is 2.06. The third kappa shape index (κ3) is 2.10. The Morgan fingerprint density at radius 1 is 1.05 bits per heavy atom. The molecule has 0 atom stereocenters. The lowest BCUT2D eigenvalue weighted by Crippen LogP contribution is -2.04. The molecular weight excluding hydrogens is 304 g/mol. The van der Waals surface area contributed by atoms with Crippen LogP contribution in [-0.4, -0.2) is 0 Å². The molecule has 19 heavy (non-hydrogen) atoms. The second-order valence-electron chi connectivity index (χ2n) is 4.44. The van der Waals surface area contributed by atoms with Gasteiger partial charge in [0.2, 0.25) is 5.43 Å². The first kappa shape index (κ1) is 12.2. The molecule has 3 rings (SSSR count). The number of hydrogen-bond donors (Lipinski definition) is 0. The fourth-order valence-corrected chi connectivity index (χ4v) is 2.58. The Morgan fingerprint density at radius 3 is 2.53 bits per heavy atom. The smallest absolute Gasteiger partial charge is 0.207 e. The lowest BCUT2D eigenvalue weighted by atomic mass is 10.1. The minimum atomic E-state index is -0.0381. The first-order valence-electron chi connectivity index (χ1n) is 5.95. The van der Waals surface area contributed by atoms with Crippen LogP contribution in [0.4, 0.5) is 0 Å². The molecule has 0 radical (unpaired) electrons. The van der Waals surface area contributed by atoms with Crippen molar-refractivity contribution in [3.05, 3.63) is 68.8 Å². The summed E-state index contributed by atoms with van der Waals surface area (Å²) in [5.41, 5.74) is 2.49. The van der Waals surface area contributed by atoms with E-state index in [9.17, 15) is 4.79 Å². The largest absolute Gasteiger partial charge is 0.455 e. The van der Waals surface area contributed by atoms with E-state index < -0.39 is 0 Å². The SMILES string of the molecule is Cc1ccc2oc(-c3ccccc3)c(Br)c(=O)c2c1. The Kier molecular flexibility index (Phi) is 2.99. The van der Waals surface area contributed by atoms with Crippen LogP contribution in [0, 0.1) is 6.92 Å². The summed E-state index contributed by atoms with van der Waals surface area (Å²) in [5, 5.41) is 0.603. The van der Waals surface area contributed by atoms with E-state index in [1.807, 2.05) is 55.5 Å². The predicted molar refractivity (Wildman–Crippen MR) is 80.4 cm³/mol. The average molecular weight is 315 g/mol. The van der Waals surface area contributed by atoms with Gasteiger partial charge in [0.1, 0.15) is 10.1 Å². The summed E-state index contributed by atoms with van der Waals surface area (Å²) in [5.74, 6) is 0.571. The van der Waals surface area contributed by atoms with Gasteiger partial charge in [0.25, 0.3) is 0 Å². The van der Waals surface area contributed by atoms with Crippen LogP contribution in [0.5, 0.6) is 0 Å². The van der Waals surface area contributed by atoms with Crippen molar-refractivity contribution in [1.82, 2.24) is 0 Å². The van der Waals surface area contributed by atoms with Gasteiger partial charge in [-0.1, -0.05) is 42.0 Å². The zero-order valence-electron chi connectivity index (χ0n) is 10.3. The molecule has 2 aromatic carbocycles. The van der Waals surface area contributed by atoms with Gasteiger partial charge in [-0.3, -0.25) is 4.79 Å². The van der Waals surface area contributed by atoms with Gasteiger partial charge >= 0.3 is 0 Å². The predicted octanol–water partition coefficient (Wildman–Crippen LogP) is 4.53. The molecule has 0 amide bonds. The summed E-state index contributed by atoms with van der Waals surface area (Å²) in [6.07, 6.45) is 0. The molecule has 0 aliphatic heterocycles. The summed E-state index contributed by atoms with van der Waals surface area (Å²) >= 11 is 3.36. The minimum Gasteiger partial charge on any atom is -0.455 e. The molecule has 2 nitrogen and oxygen atoms in total. The molecule has 1 heterocycles. The van der Waals surface area contributed by atoms with Crippen molar-refractivity contribution in [3.63, 3.8) is 0 Å². The van der Waals surface area contributed by atoms with Crippen LogP contribution in [0.3, 0.4) is 0 Å². The first-order valence-corrected chi connectivity index (χ1v) is 6.74. The van der Waals surface area contributed by atoms with Gasteiger partial charge in [0.05, 0.1) is 5.39 Å². The summed E-state index contributed by atoms with van der Waals surface area (Å²) in [4.78, 5) is 12.4. The van der Waals surface area contributed by atoms with Gasteiger partial charge in [-0.05, 0) is 35.0 Å². The molecule has 3 aromatic rings. The highest BCUT2D eigenvalue weighted by Crippen LogP contribution is 2.29. The molecular formula is C16H11BrO2. The highest BCUT2D eigenvalue weighted by Gasteiger charge is 2.13. The van der Waals surface area contributed by atoms with Crippen LogP contribution >= 0.6 is 15.9 Å². The van der Waals surface area contributed by atoms with Crippen LogP contribution in [-0.2, 0) is 0 Å². The second-order valence-corrected chi connectivity index (χ2v) is 5.23. The number of aryl methyl sites for hydroxylation is 1. The van der Waals surface area contributed by atoms with Crippen LogP contribution in [0.2, 0.25) is 0 Å². The summed E-state index contributed by atoms with van der Waals surface area (Å²) in [6, 6.07) is 15.2. The molecule has 94 valence electrons. The second kappa shape index (κ2) is 4.67. The van der Waals surface area contributed by atoms with Gasteiger partial charge in [0.15, 0.2) is 5.76 Å². The van der Waals surface area contributed by atoms with Gasteiger partial charge < -0.3 is 4.42 Å². The monoisotopic (exact) mass is 314 g/mol. The molecule has 0 saturated carbocycles. The number of hydrogen-bond acceptors (Lipinski definition) is 2. The third-order valence-electron chi connectivity index (χ3n) is 3.03. The highest BCUT2D eigenvalue weighted by molar-refractivity contribution is 9.10. The van der Waals surface area contributed by atoms with Gasteiger partial charge in [-0.2, -0.15) is 0 Å². The molecule has 3 heteroatoms. The van der Waals surface area contributed by atoms with Crippen molar-refractivity contribution in [3.8, 4) is 11.3 Å². The Balaban J connectivity index is 2.37. The lowest BCUT2D eigenvalue weighted by Gasteiger charge is -2.06. The van der Waals surface area contributed by atoms with Crippen LogP contribution in [0.1, 0.15) is 5.56 Å². The highest BCUT2D eigenvalue weighted by atomic mass is 79.9. The minimum absolute atomic E-state index is 0.0381. The Labute approximate surface area is 118 Å². The van der Waals surface area contributed by atoms with E-state index in [-0.39, 0.29) is 5.43 Å². The fraction of sp³-hybridized carbons (Fsp3) is 0.0625. The number of benzene rings is 2. The van der Waals surface area contributed by atoms with E-state index >= 15 is 0 Å². The van der Waals surface area contributed by atoms with Gasteiger partial charge in [0, 0.05) is 5.56 Å². The van der Waals surface area contributed by atoms with E-state index in [0.29, 0.717) is 21.2 Å². The van der Waals surface area contributed by atoms with Crippen LogP contribution < -0.4 is 5.43 Å². The lowest BCUT2D eigenvalue weighted by molar-refractivity contribution is 0.615. The maximum absolute atomic E-state index is 12.4. The van der Waals surface area contributed by atoms with E-state index in [4.69, 9.17) is 4.42 Å². The molecule has 0 unspecified atom stereocenters. The van der Waals surface area contributed by atoms with Crippen molar-refractivity contribution in [2.75, 3.05) is 0 Å². The Bertz CT molecular complexity index is 804. The number of halogens is 1. The topological polar surface area (TPSA) is 30.2 Å². The number of fused-ring (bicyclic) bond motifs is 1. The maximum Gasteiger partial charge on any atom is 0.207 e. The van der Waals surface area contributed by atoms with Crippen molar-refractivity contribution in [2.45, 2.75) is 6.92 Å². The van der Waals surface area contributed by atoms with Crippen molar-refractivity contribution >= 4 is 26.9 Å².